The highest BCUT2D eigenvalue weighted by molar-refractivity contribution is 5.77. The highest BCUT2D eigenvalue weighted by atomic mass is 15.7. The Balaban J connectivity index is 0.000000245. The van der Waals surface area contributed by atoms with Gasteiger partial charge in [0.1, 0.15) is 0 Å². The molecule has 8 heteroatoms. The minimum atomic E-state index is 0. The van der Waals surface area contributed by atoms with Crippen LogP contribution in [0.2, 0.25) is 0 Å². The van der Waals surface area contributed by atoms with Gasteiger partial charge in [-0.2, -0.15) is 11.1 Å². The fourth-order valence-electron chi connectivity index (χ4n) is 4.40. The first-order chi connectivity index (χ1) is 18.7. The maximum atomic E-state index is 5.01. The van der Waals surface area contributed by atoms with Gasteiger partial charge in [-0.25, -0.2) is 15.4 Å². The first kappa shape index (κ1) is 30.0. The molecule has 0 unspecified atom stereocenters. The molecule has 0 fully saturated rings. The number of aromatic nitrogens is 4. The van der Waals surface area contributed by atoms with Gasteiger partial charge in [-0.1, -0.05) is 59.3 Å². The Morgan fingerprint density at radius 1 is 0.615 bits per heavy atom. The lowest BCUT2D eigenvalue weighted by molar-refractivity contribution is 0.431. The lowest BCUT2D eigenvalue weighted by Crippen LogP contribution is -2.47. The van der Waals surface area contributed by atoms with E-state index in [0.717, 1.165) is 51.4 Å². The number of unbranched alkanes of at least 4 members (excludes halogenated alkanes) is 7. The molecule has 0 amide bonds. The minimum Gasteiger partial charge on any atom is -0.355 e. The highest BCUT2D eigenvalue weighted by Crippen LogP contribution is 2.17. The molecule has 0 atom stereocenters. The summed E-state index contributed by atoms with van der Waals surface area (Å²) in [4.78, 5) is 16.0. The van der Waals surface area contributed by atoms with Gasteiger partial charge in [0.25, 0.3) is 0 Å². The van der Waals surface area contributed by atoms with Crippen LogP contribution in [-0.2, 0) is 0 Å². The van der Waals surface area contributed by atoms with Gasteiger partial charge in [-0.3, -0.25) is 5.84 Å². The Labute approximate surface area is 232 Å². The number of nitrogens with two attached hydrogens (primary N) is 1. The molecule has 5 rings (SSSR count). The first-order valence-electron chi connectivity index (χ1n) is 13.7. The summed E-state index contributed by atoms with van der Waals surface area (Å²) in [6.07, 6.45) is 18.9. The van der Waals surface area contributed by atoms with Crippen LogP contribution in [0.25, 0.3) is 46.4 Å². The van der Waals surface area contributed by atoms with Crippen molar-refractivity contribution in [1.82, 2.24) is 36.4 Å². The predicted octanol–water partition coefficient (Wildman–Crippen LogP) is 6.89. The van der Waals surface area contributed by atoms with Crippen LogP contribution in [0.15, 0.2) is 48.5 Å². The number of rotatable bonds is 11. The number of hydrogen-bond donors (Lipinski definition) is 6. The second kappa shape index (κ2) is 16.4. The number of fused-ring (bicyclic) bond motifs is 8. The standard InChI is InChI=1S/C20H14N4.C10H26N4.CH4/c1-2-14-10-16-5-6-18(23-16)12-20-8-7-19(24-20)11-17-4-3-15(22-17)9-13(1)21-14;1-2-3-4-5-6-7-8-9-10-12-14-13-11;/h1-12,21-22H;12-14H,2-11H2,1H3;1H4. The molecule has 0 saturated carbocycles. The van der Waals surface area contributed by atoms with E-state index >= 15 is 0 Å². The molecule has 2 aliphatic rings. The Bertz CT molecular complexity index is 1260. The zero-order chi connectivity index (χ0) is 26.4. The van der Waals surface area contributed by atoms with E-state index in [4.69, 9.17) is 5.84 Å². The Morgan fingerprint density at radius 3 is 1.54 bits per heavy atom. The lowest BCUT2D eigenvalue weighted by Gasteiger charge is -2.04. The third-order valence-corrected chi connectivity index (χ3v) is 6.36. The van der Waals surface area contributed by atoms with Crippen molar-refractivity contribution in [2.24, 2.45) is 5.84 Å². The second-order valence-corrected chi connectivity index (χ2v) is 9.58. The third-order valence-electron chi connectivity index (χ3n) is 6.36. The van der Waals surface area contributed by atoms with Gasteiger partial charge < -0.3 is 9.97 Å². The quantitative estimate of drug-likeness (QED) is 0.0631. The molecule has 208 valence electrons. The molecule has 2 aliphatic heterocycles. The highest BCUT2D eigenvalue weighted by Gasteiger charge is 2.02. The summed E-state index contributed by atoms with van der Waals surface area (Å²) in [6, 6.07) is 16.4. The number of hydrogen-bond acceptors (Lipinski definition) is 6. The van der Waals surface area contributed by atoms with Gasteiger partial charge >= 0.3 is 0 Å². The van der Waals surface area contributed by atoms with Crippen molar-refractivity contribution >= 4 is 46.4 Å². The van der Waals surface area contributed by atoms with E-state index < -0.39 is 0 Å². The summed E-state index contributed by atoms with van der Waals surface area (Å²) in [5.74, 6) is 5.01. The van der Waals surface area contributed by atoms with Crippen molar-refractivity contribution in [3.8, 4) is 0 Å². The molecule has 0 saturated heterocycles. The fraction of sp³-hybridized carbons (Fsp3) is 0.355. The van der Waals surface area contributed by atoms with E-state index in [1.165, 1.54) is 51.4 Å². The Morgan fingerprint density at radius 2 is 1.05 bits per heavy atom. The summed E-state index contributed by atoms with van der Waals surface area (Å²) in [6.45, 7) is 3.23. The lowest BCUT2D eigenvalue weighted by atomic mass is 10.1. The van der Waals surface area contributed by atoms with Crippen molar-refractivity contribution in [3.05, 3.63) is 71.3 Å². The average molecular weight is 529 g/mol. The molecule has 0 aliphatic carbocycles. The van der Waals surface area contributed by atoms with Crippen LogP contribution in [0, 0.1) is 0 Å². The van der Waals surface area contributed by atoms with Crippen LogP contribution in [0.3, 0.4) is 0 Å². The minimum absolute atomic E-state index is 0. The van der Waals surface area contributed by atoms with Crippen molar-refractivity contribution < 1.29 is 0 Å². The Kier molecular flexibility index (Phi) is 12.6. The SMILES string of the molecule is C.C1=Cc2cc3ccc(cc4ccc(cc5nc(cc1n2)C=C5)[nH]4)[nH]3.CCCCCCCCCCNNNN. The van der Waals surface area contributed by atoms with Crippen LogP contribution in [-0.4, -0.2) is 26.5 Å². The van der Waals surface area contributed by atoms with E-state index in [0.29, 0.717) is 0 Å². The molecule has 3 aromatic heterocycles. The molecular formula is C31H44N8. The van der Waals surface area contributed by atoms with Gasteiger partial charge in [0.2, 0.25) is 0 Å². The van der Waals surface area contributed by atoms with E-state index in [9.17, 15) is 0 Å². The van der Waals surface area contributed by atoms with Gasteiger partial charge in [-0.05, 0) is 79.3 Å². The summed E-state index contributed by atoms with van der Waals surface area (Å²) in [5.41, 5.74) is 15.8. The average Bonchev–Trinajstić information content (AvgIpc) is 3.72. The van der Waals surface area contributed by atoms with Crippen LogP contribution in [0.1, 0.15) is 88.5 Å². The fourth-order valence-corrected chi connectivity index (χ4v) is 4.40. The summed E-state index contributed by atoms with van der Waals surface area (Å²) in [7, 11) is 0. The molecule has 39 heavy (non-hydrogen) atoms. The van der Waals surface area contributed by atoms with Crippen molar-refractivity contribution in [1.29, 1.82) is 0 Å². The summed E-state index contributed by atoms with van der Waals surface area (Å²) < 4.78 is 0. The van der Waals surface area contributed by atoms with Crippen molar-refractivity contribution in [2.75, 3.05) is 6.54 Å². The Hall–Kier alpha value is -3.56. The molecule has 3 aromatic rings. The number of nitrogens with zero attached hydrogens (tertiary/aromatic N) is 2. The number of aromatic amines is 2. The summed E-state index contributed by atoms with van der Waals surface area (Å²) >= 11 is 0. The zero-order valence-electron chi connectivity index (χ0n) is 22.3. The first-order valence-corrected chi connectivity index (χ1v) is 13.7. The number of nitrogens with one attached hydrogen (secondary N) is 5. The molecule has 0 spiro atoms. The molecule has 8 nitrogen and oxygen atoms in total. The van der Waals surface area contributed by atoms with Crippen molar-refractivity contribution in [3.63, 3.8) is 0 Å². The topological polar surface area (TPSA) is 119 Å². The predicted molar refractivity (Wildman–Crippen MR) is 167 cm³/mol. The van der Waals surface area contributed by atoms with Crippen LogP contribution >= 0.6 is 0 Å². The normalized spacial score (nSPS) is 11.6. The van der Waals surface area contributed by atoms with E-state index in [1.807, 2.05) is 42.5 Å². The zero-order valence-corrected chi connectivity index (χ0v) is 22.3. The maximum absolute atomic E-state index is 5.01. The molecule has 0 aromatic carbocycles. The van der Waals surface area contributed by atoms with E-state index in [2.05, 4.69) is 73.7 Å². The van der Waals surface area contributed by atoms with Gasteiger partial charge in [0.05, 0.1) is 22.8 Å². The largest absolute Gasteiger partial charge is 0.355 e. The summed E-state index contributed by atoms with van der Waals surface area (Å²) in [5, 5.41) is 0. The van der Waals surface area contributed by atoms with Gasteiger partial charge in [0, 0.05) is 28.6 Å². The van der Waals surface area contributed by atoms with E-state index in [1.54, 1.807) is 0 Å². The molecular weight excluding hydrogens is 484 g/mol. The third kappa shape index (κ3) is 10.3. The number of hydrazine groups is 3. The monoisotopic (exact) mass is 528 g/mol. The van der Waals surface area contributed by atoms with Crippen LogP contribution in [0.5, 0.6) is 0 Å². The molecule has 0 radical (unpaired) electrons. The molecule has 8 bridgehead atoms. The second-order valence-electron chi connectivity index (χ2n) is 9.58. The van der Waals surface area contributed by atoms with Gasteiger partial charge in [-0.15, -0.1) is 0 Å². The maximum Gasteiger partial charge on any atom is 0.0659 e. The van der Waals surface area contributed by atoms with Crippen molar-refractivity contribution in [2.45, 2.75) is 65.7 Å². The van der Waals surface area contributed by atoms with Crippen LogP contribution < -0.4 is 22.3 Å². The van der Waals surface area contributed by atoms with Gasteiger partial charge in [0.15, 0.2) is 0 Å². The molecule has 5 heterocycles. The van der Waals surface area contributed by atoms with E-state index in [-0.39, 0.29) is 7.43 Å². The van der Waals surface area contributed by atoms with Crippen LogP contribution in [0.4, 0.5) is 0 Å². The smallest absolute Gasteiger partial charge is 0.0659 e. The molecule has 7 N–H and O–H groups in total. The number of H-pyrrole nitrogens is 2.